The van der Waals surface area contributed by atoms with E-state index in [1.165, 1.54) is 0 Å². The quantitative estimate of drug-likeness (QED) is 0.506. The first kappa shape index (κ1) is 14.2. The fraction of sp³-hybridized carbons (Fsp3) is 0. The summed E-state index contributed by atoms with van der Waals surface area (Å²) in [5, 5.41) is 11.1. The number of carbonyl (C=O) groups is 2. The van der Waals surface area contributed by atoms with Gasteiger partial charge in [-0.05, 0) is 12.1 Å². The van der Waals surface area contributed by atoms with Gasteiger partial charge in [0, 0.05) is 5.56 Å². The zero-order valence-corrected chi connectivity index (χ0v) is 10.4. The molecule has 0 radical (unpaired) electrons. The number of hydrogen-bond acceptors (Lipinski definition) is 3. The first-order chi connectivity index (χ1) is 8.52. The van der Waals surface area contributed by atoms with E-state index in [-0.39, 0.29) is 5.03 Å². The fourth-order valence-corrected chi connectivity index (χ4v) is 1.14. The maximum absolute atomic E-state index is 11.5. The van der Waals surface area contributed by atoms with Gasteiger partial charge in [0.2, 0.25) is 0 Å². The van der Waals surface area contributed by atoms with Crippen LogP contribution in [0.4, 0.5) is 0 Å². The number of carboxylic acid groups (broad SMARTS) is 1. The third-order valence-corrected chi connectivity index (χ3v) is 2.53. The first-order valence-corrected chi connectivity index (χ1v) is 5.45. The van der Waals surface area contributed by atoms with Crippen molar-refractivity contribution in [2.24, 2.45) is 5.10 Å². The molecule has 1 rings (SSSR count). The second kappa shape index (κ2) is 6.78. The first-order valence-electron chi connectivity index (χ1n) is 4.69. The standard InChI is InChI=1S/C11H8Cl2N2O3/c12-8(9(13)11(17)18)6-14-15-10(16)7-4-2-1-3-5-7/h1-6H,(H,15,16)(H,17,18)/b9-8+,14-6-. The van der Waals surface area contributed by atoms with Crippen LogP contribution in [0.5, 0.6) is 0 Å². The summed E-state index contributed by atoms with van der Waals surface area (Å²) in [7, 11) is 0. The molecule has 5 nitrogen and oxygen atoms in total. The van der Waals surface area contributed by atoms with Gasteiger partial charge in [-0.3, -0.25) is 4.79 Å². The van der Waals surface area contributed by atoms with Crippen LogP contribution in [0, 0.1) is 0 Å². The lowest BCUT2D eigenvalue weighted by Gasteiger charge is -1.98. The molecule has 1 aromatic rings. The fourth-order valence-electron chi connectivity index (χ4n) is 0.960. The van der Waals surface area contributed by atoms with E-state index in [2.05, 4.69) is 10.5 Å². The number of carboxylic acids is 1. The van der Waals surface area contributed by atoms with Gasteiger partial charge >= 0.3 is 5.97 Å². The van der Waals surface area contributed by atoms with Crippen molar-refractivity contribution in [2.75, 3.05) is 0 Å². The van der Waals surface area contributed by atoms with Gasteiger partial charge in [0.1, 0.15) is 5.03 Å². The lowest BCUT2D eigenvalue weighted by atomic mass is 10.2. The zero-order chi connectivity index (χ0) is 13.5. The summed E-state index contributed by atoms with van der Waals surface area (Å²) in [5.74, 6) is -1.81. The van der Waals surface area contributed by atoms with Crippen molar-refractivity contribution in [1.29, 1.82) is 0 Å². The summed E-state index contributed by atoms with van der Waals surface area (Å²) in [4.78, 5) is 21.9. The lowest BCUT2D eigenvalue weighted by molar-refractivity contribution is -0.131. The van der Waals surface area contributed by atoms with Crippen molar-refractivity contribution in [1.82, 2.24) is 5.43 Å². The maximum Gasteiger partial charge on any atom is 0.348 e. The van der Waals surface area contributed by atoms with E-state index in [0.717, 1.165) is 6.21 Å². The van der Waals surface area contributed by atoms with Crippen LogP contribution in [0.3, 0.4) is 0 Å². The van der Waals surface area contributed by atoms with Crippen LogP contribution in [0.25, 0.3) is 0 Å². The monoisotopic (exact) mass is 286 g/mol. The molecular weight excluding hydrogens is 279 g/mol. The molecule has 18 heavy (non-hydrogen) atoms. The van der Waals surface area contributed by atoms with E-state index < -0.39 is 16.9 Å². The molecule has 0 atom stereocenters. The van der Waals surface area contributed by atoms with Gasteiger partial charge < -0.3 is 5.11 Å². The minimum atomic E-state index is -1.37. The second-order valence-electron chi connectivity index (χ2n) is 3.03. The van der Waals surface area contributed by atoms with Crippen molar-refractivity contribution in [2.45, 2.75) is 0 Å². The zero-order valence-electron chi connectivity index (χ0n) is 8.93. The number of allylic oxidation sites excluding steroid dienone is 1. The van der Waals surface area contributed by atoms with Crippen molar-refractivity contribution >= 4 is 41.3 Å². The normalized spacial score (nSPS) is 12.1. The highest BCUT2D eigenvalue weighted by Gasteiger charge is 2.08. The molecule has 0 aromatic heterocycles. The van der Waals surface area contributed by atoms with Gasteiger partial charge in [0.05, 0.1) is 11.2 Å². The van der Waals surface area contributed by atoms with E-state index >= 15 is 0 Å². The third-order valence-electron chi connectivity index (χ3n) is 1.78. The van der Waals surface area contributed by atoms with Crippen LogP contribution >= 0.6 is 23.2 Å². The Morgan fingerprint density at radius 3 is 2.39 bits per heavy atom. The number of halogens is 2. The van der Waals surface area contributed by atoms with Crippen molar-refractivity contribution < 1.29 is 14.7 Å². The SMILES string of the molecule is O=C(O)/C(Cl)=C(Cl)/C=N\NC(=O)c1ccccc1. The number of nitrogens with one attached hydrogen (secondary N) is 1. The van der Waals surface area contributed by atoms with Crippen molar-refractivity contribution in [3.8, 4) is 0 Å². The molecule has 0 aliphatic heterocycles. The van der Waals surface area contributed by atoms with Gasteiger partial charge in [-0.25, -0.2) is 10.2 Å². The topological polar surface area (TPSA) is 78.8 Å². The summed E-state index contributed by atoms with van der Waals surface area (Å²) in [6.07, 6.45) is 0.943. The Morgan fingerprint density at radius 1 is 1.22 bits per heavy atom. The molecule has 0 unspecified atom stereocenters. The van der Waals surface area contributed by atoms with Crippen LogP contribution in [0.2, 0.25) is 0 Å². The van der Waals surface area contributed by atoms with Gasteiger partial charge in [-0.15, -0.1) is 0 Å². The molecule has 0 fully saturated rings. The molecule has 0 bridgehead atoms. The van der Waals surface area contributed by atoms with Crippen LogP contribution in [0.1, 0.15) is 10.4 Å². The lowest BCUT2D eigenvalue weighted by Crippen LogP contribution is -2.17. The minimum absolute atomic E-state index is 0.280. The Morgan fingerprint density at radius 2 is 1.83 bits per heavy atom. The van der Waals surface area contributed by atoms with E-state index in [1.807, 2.05) is 0 Å². The number of nitrogens with zero attached hydrogens (tertiary/aromatic N) is 1. The summed E-state index contributed by atoms with van der Waals surface area (Å²) in [6.45, 7) is 0. The summed E-state index contributed by atoms with van der Waals surface area (Å²) >= 11 is 10.9. The van der Waals surface area contributed by atoms with E-state index in [0.29, 0.717) is 5.56 Å². The smallest absolute Gasteiger partial charge is 0.348 e. The number of benzene rings is 1. The molecule has 0 saturated heterocycles. The Bertz CT molecular complexity index is 512. The number of rotatable bonds is 4. The second-order valence-corrected chi connectivity index (χ2v) is 3.82. The Hall–Kier alpha value is -1.85. The molecule has 0 aliphatic carbocycles. The molecule has 0 spiro atoms. The highest BCUT2D eigenvalue weighted by Crippen LogP contribution is 2.11. The highest BCUT2D eigenvalue weighted by atomic mass is 35.5. The van der Waals surface area contributed by atoms with Gasteiger partial charge in [-0.1, -0.05) is 41.4 Å². The average molecular weight is 287 g/mol. The highest BCUT2D eigenvalue weighted by molar-refractivity contribution is 6.51. The van der Waals surface area contributed by atoms with E-state index in [9.17, 15) is 9.59 Å². The Balaban J connectivity index is 2.64. The van der Waals surface area contributed by atoms with E-state index in [1.54, 1.807) is 30.3 Å². The number of carbonyl (C=O) groups excluding carboxylic acids is 1. The largest absolute Gasteiger partial charge is 0.477 e. The van der Waals surface area contributed by atoms with E-state index in [4.69, 9.17) is 28.3 Å². The summed E-state index contributed by atoms with van der Waals surface area (Å²) in [5.41, 5.74) is 2.60. The third kappa shape index (κ3) is 4.20. The number of amides is 1. The summed E-state index contributed by atoms with van der Waals surface area (Å²) in [6, 6.07) is 8.38. The summed E-state index contributed by atoms with van der Waals surface area (Å²) < 4.78 is 0. The molecule has 0 aliphatic rings. The molecule has 0 heterocycles. The predicted octanol–water partition coefficient (Wildman–Crippen LogP) is 2.18. The van der Waals surface area contributed by atoms with Crippen LogP contribution < -0.4 is 5.43 Å². The molecular formula is C11H8Cl2N2O3. The predicted molar refractivity (Wildman–Crippen MR) is 68.8 cm³/mol. The minimum Gasteiger partial charge on any atom is -0.477 e. The molecule has 1 aromatic carbocycles. The van der Waals surface area contributed by atoms with Crippen LogP contribution in [-0.2, 0) is 4.79 Å². The van der Waals surface area contributed by atoms with Gasteiger partial charge in [0.15, 0.2) is 0 Å². The molecule has 0 saturated carbocycles. The van der Waals surface area contributed by atoms with Crippen molar-refractivity contribution in [3.63, 3.8) is 0 Å². The van der Waals surface area contributed by atoms with Crippen LogP contribution in [0.15, 0.2) is 45.5 Å². The number of aliphatic carboxylic acids is 1. The maximum atomic E-state index is 11.5. The Kier molecular flexibility index (Phi) is 5.35. The average Bonchev–Trinajstić information content (AvgIpc) is 2.38. The molecule has 1 amide bonds. The molecule has 7 heteroatoms. The molecule has 94 valence electrons. The van der Waals surface area contributed by atoms with Crippen molar-refractivity contribution in [3.05, 3.63) is 46.0 Å². The molecule has 2 N–H and O–H groups in total. The van der Waals surface area contributed by atoms with Crippen LogP contribution in [-0.4, -0.2) is 23.2 Å². The number of hydrogen-bond donors (Lipinski definition) is 2. The Labute approximate surface area is 113 Å². The number of hydrazone groups is 1. The van der Waals surface area contributed by atoms with Gasteiger partial charge in [-0.2, -0.15) is 5.10 Å². The van der Waals surface area contributed by atoms with Gasteiger partial charge in [0.25, 0.3) is 5.91 Å².